The lowest BCUT2D eigenvalue weighted by atomic mass is 10.2. The van der Waals surface area contributed by atoms with E-state index in [-0.39, 0.29) is 0 Å². The average Bonchev–Trinajstić information content (AvgIpc) is 2.24. The Morgan fingerprint density at radius 3 is 2.59 bits per heavy atom. The van der Waals surface area contributed by atoms with E-state index in [1.807, 2.05) is 0 Å². The van der Waals surface area contributed by atoms with Gasteiger partial charge in [-0.3, -0.25) is 0 Å². The second kappa shape index (κ2) is 5.78. The second-order valence-corrected chi connectivity index (χ2v) is 4.67. The number of alkyl halides is 3. The van der Waals surface area contributed by atoms with Gasteiger partial charge in [0.15, 0.2) is 0 Å². The van der Waals surface area contributed by atoms with Gasteiger partial charge < -0.3 is 5.32 Å². The molecule has 0 atom stereocenters. The Morgan fingerprint density at radius 2 is 2.06 bits per heavy atom. The van der Waals surface area contributed by atoms with Gasteiger partial charge in [-0.15, -0.1) is 0 Å². The van der Waals surface area contributed by atoms with Crippen molar-refractivity contribution in [2.45, 2.75) is 13.1 Å². The topological polar surface area (TPSA) is 12.0 Å². The van der Waals surface area contributed by atoms with Crippen LogP contribution in [0, 0.1) is 0 Å². The number of nitrogens with one attached hydrogen (secondary N) is 1. The van der Waals surface area contributed by atoms with Gasteiger partial charge in [0.2, 0.25) is 0 Å². The van der Waals surface area contributed by atoms with Crippen LogP contribution in [0.25, 0.3) is 0 Å². The molecule has 1 aromatic carbocycles. The van der Waals surface area contributed by atoms with Crippen molar-refractivity contribution in [1.29, 1.82) is 0 Å². The van der Waals surface area contributed by atoms with Gasteiger partial charge in [-0.2, -0.15) is 13.2 Å². The lowest BCUT2D eigenvalue weighted by molar-refractivity contribution is -0.137. The fourth-order valence-corrected chi connectivity index (χ4v) is 1.71. The third-order valence-electron chi connectivity index (χ3n) is 1.98. The molecular formula is C11H10BrClF3N. The van der Waals surface area contributed by atoms with Gasteiger partial charge in [-0.1, -0.05) is 27.5 Å². The summed E-state index contributed by atoms with van der Waals surface area (Å²) in [7, 11) is 0. The van der Waals surface area contributed by atoms with E-state index in [0.717, 1.165) is 17.7 Å². The molecule has 0 bridgehead atoms. The summed E-state index contributed by atoms with van der Waals surface area (Å²) in [5.41, 5.74) is 1.92. The maximum Gasteiger partial charge on any atom is 0.416 e. The lowest BCUT2D eigenvalue weighted by Crippen LogP contribution is -2.07. The Bertz CT molecular complexity index is 429. The Hall–Kier alpha value is -0.680. The van der Waals surface area contributed by atoms with E-state index in [1.54, 1.807) is 13.0 Å². The molecule has 17 heavy (non-hydrogen) atoms. The molecule has 0 spiro atoms. The van der Waals surface area contributed by atoms with E-state index < -0.39 is 11.7 Å². The molecule has 0 aliphatic heterocycles. The minimum absolute atomic E-state index is 0.377. The molecule has 1 N–H and O–H groups in total. The number of anilines is 1. The fourth-order valence-electron chi connectivity index (χ4n) is 1.14. The van der Waals surface area contributed by atoms with Crippen LogP contribution in [-0.4, -0.2) is 6.54 Å². The summed E-state index contributed by atoms with van der Waals surface area (Å²) in [6.45, 7) is 2.18. The van der Waals surface area contributed by atoms with E-state index in [0.29, 0.717) is 16.7 Å². The highest BCUT2D eigenvalue weighted by molar-refractivity contribution is 9.10. The van der Waals surface area contributed by atoms with Gasteiger partial charge in [-0.05, 0) is 30.7 Å². The van der Waals surface area contributed by atoms with Crippen molar-refractivity contribution in [3.63, 3.8) is 0 Å². The minimum atomic E-state index is -4.35. The maximum atomic E-state index is 12.5. The van der Waals surface area contributed by atoms with E-state index in [2.05, 4.69) is 21.2 Å². The fraction of sp³-hybridized carbons (Fsp3) is 0.273. The molecule has 1 aromatic rings. The van der Waals surface area contributed by atoms with E-state index in [9.17, 15) is 13.2 Å². The number of halogens is 5. The molecular weight excluding hydrogens is 318 g/mol. The summed E-state index contributed by atoms with van der Waals surface area (Å²) >= 11 is 8.51. The summed E-state index contributed by atoms with van der Waals surface area (Å²) in [6.07, 6.45) is -4.35. The van der Waals surface area contributed by atoms with Crippen molar-refractivity contribution in [2.75, 3.05) is 11.9 Å². The van der Waals surface area contributed by atoms with Crippen molar-refractivity contribution in [2.24, 2.45) is 0 Å². The van der Waals surface area contributed by atoms with Crippen LogP contribution in [0.5, 0.6) is 0 Å². The third kappa shape index (κ3) is 4.60. The molecule has 94 valence electrons. The minimum Gasteiger partial charge on any atom is -0.381 e. The van der Waals surface area contributed by atoms with Crippen LogP contribution in [0.1, 0.15) is 12.5 Å². The van der Waals surface area contributed by atoms with Gasteiger partial charge in [0.25, 0.3) is 0 Å². The third-order valence-corrected chi connectivity index (χ3v) is 2.81. The molecule has 0 saturated heterocycles. The van der Waals surface area contributed by atoms with Crippen molar-refractivity contribution in [1.82, 2.24) is 0 Å². The van der Waals surface area contributed by atoms with E-state index in [4.69, 9.17) is 11.6 Å². The molecule has 0 unspecified atom stereocenters. The largest absolute Gasteiger partial charge is 0.416 e. The number of rotatable bonds is 3. The van der Waals surface area contributed by atoms with Crippen molar-refractivity contribution >= 4 is 33.2 Å². The molecule has 6 heteroatoms. The molecule has 1 nitrogen and oxygen atoms in total. The first-order chi connectivity index (χ1) is 7.82. The van der Waals surface area contributed by atoms with Crippen LogP contribution >= 0.6 is 27.5 Å². The van der Waals surface area contributed by atoms with Crippen LogP contribution in [-0.2, 0) is 6.18 Å². The van der Waals surface area contributed by atoms with Crippen LogP contribution in [0.15, 0.2) is 33.8 Å². The Balaban J connectivity index is 2.91. The molecule has 0 aromatic heterocycles. The zero-order chi connectivity index (χ0) is 13.1. The van der Waals surface area contributed by atoms with Gasteiger partial charge in [0, 0.05) is 22.2 Å². The molecule has 0 amide bonds. The lowest BCUT2D eigenvalue weighted by Gasteiger charge is -2.11. The molecule has 0 aliphatic rings. The summed E-state index contributed by atoms with van der Waals surface area (Å²) < 4.78 is 38.0. The van der Waals surface area contributed by atoms with E-state index >= 15 is 0 Å². The van der Waals surface area contributed by atoms with Crippen LogP contribution in [0.3, 0.4) is 0 Å². The van der Waals surface area contributed by atoms with Crippen molar-refractivity contribution in [3.05, 3.63) is 39.3 Å². The first-order valence-corrected chi connectivity index (χ1v) is 5.93. The molecule has 1 rings (SSSR count). The quantitative estimate of drug-likeness (QED) is 0.821. The normalized spacial score (nSPS) is 12.7. The summed E-state index contributed by atoms with van der Waals surface area (Å²) in [5, 5.41) is 2.87. The smallest absolute Gasteiger partial charge is 0.381 e. The predicted molar refractivity (Wildman–Crippen MR) is 67.2 cm³/mol. The summed E-state index contributed by atoms with van der Waals surface area (Å²) in [6, 6.07) is 3.68. The summed E-state index contributed by atoms with van der Waals surface area (Å²) in [5.74, 6) is 0. The number of hydrogen-bond donors (Lipinski definition) is 1. The molecule has 0 radical (unpaired) electrons. The zero-order valence-corrected chi connectivity index (χ0v) is 11.2. The molecule has 0 saturated carbocycles. The molecule has 0 heterocycles. The van der Waals surface area contributed by atoms with Crippen LogP contribution < -0.4 is 5.32 Å². The average molecular weight is 329 g/mol. The first kappa shape index (κ1) is 14.4. The number of benzene rings is 1. The Labute approximate surface area is 111 Å². The van der Waals surface area contributed by atoms with Gasteiger partial charge in [-0.25, -0.2) is 0 Å². The van der Waals surface area contributed by atoms with Crippen LogP contribution in [0.4, 0.5) is 18.9 Å². The number of hydrogen-bond acceptors (Lipinski definition) is 1. The monoisotopic (exact) mass is 327 g/mol. The van der Waals surface area contributed by atoms with Crippen molar-refractivity contribution in [3.8, 4) is 0 Å². The van der Waals surface area contributed by atoms with Crippen molar-refractivity contribution < 1.29 is 13.2 Å². The first-order valence-electron chi connectivity index (χ1n) is 4.70. The summed E-state index contributed by atoms with van der Waals surface area (Å²) in [4.78, 5) is 0. The van der Waals surface area contributed by atoms with Crippen LogP contribution in [0.2, 0.25) is 0 Å². The SMILES string of the molecule is C/C(=C/Cl)CNc1cc(Br)cc(C(F)(F)F)c1. The second-order valence-electron chi connectivity index (χ2n) is 3.54. The standard InChI is InChI=1S/C11H10BrClF3N/c1-7(5-13)6-17-10-3-8(11(14,15)16)2-9(12)4-10/h2-5,17H,6H2,1H3/b7-5-. The highest BCUT2D eigenvalue weighted by Gasteiger charge is 2.31. The Morgan fingerprint density at radius 1 is 1.41 bits per heavy atom. The highest BCUT2D eigenvalue weighted by atomic mass is 79.9. The predicted octanol–water partition coefficient (Wildman–Crippen LogP) is 5.02. The van der Waals surface area contributed by atoms with E-state index in [1.165, 1.54) is 5.54 Å². The van der Waals surface area contributed by atoms with Gasteiger partial charge in [0.1, 0.15) is 0 Å². The zero-order valence-electron chi connectivity index (χ0n) is 8.91. The highest BCUT2D eigenvalue weighted by Crippen LogP contribution is 2.33. The van der Waals surface area contributed by atoms with Gasteiger partial charge in [0.05, 0.1) is 5.56 Å². The molecule has 0 aliphatic carbocycles. The molecule has 0 fully saturated rings. The maximum absolute atomic E-state index is 12.5. The van der Waals surface area contributed by atoms with Gasteiger partial charge >= 0.3 is 6.18 Å². The Kier molecular flexibility index (Phi) is 4.89.